The van der Waals surface area contributed by atoms with Crippen LogP contribution in [0.4, 0.5) is 0 Å². The van der Waals surface area contributed by atoms with Gasteiger partial charge in [-0.15, -0.1) is 0 Å². The molecule has 1 heterocycles. The van der Waals surface area contributed by atoms with E-state index in [2.05, 4.69) is 26.6 Å². The number of carbonyl (C=O) groups is 3. The van der Waals surface area contributed by atoms with E-state index in [1.54, 1.807) is 50.2 Å². The molecule has 2 amide bonds. The number of carboxylic acid groups (broad SMARTS) is 1. The molecular formula is C19H19BrN2O5. The molecule has 0 aliphatic rings. The van der Waals surface area contributed by atoms with Crippen molar-refractivity contribution in [3.63, 3.8) is 0 Å². The average molecular weight is 435 g/mol. The van der Waals surface area contributed by atoms with Crippen molar-refractivity contribution in [3.8, 4) is 0 Å². The second-order valence-electron chi connectivity index (χ2n) is 6.04. The van der Waals surface area contributed by atoms with Crippen molar-refractivity contribution in [2.75, 3.05) is 0 Å². The first-order valence-electron chi connectivity index (χ1n) is 8.14. The molecule has 1 aromatic carbocycles. The van der Waals surface area contributed by atoms with E-state index in [0.29, 0.717) is 15.8 Å². The van der Waals surface area contributed by atoms with Gasteiger partial charge in [0.05, 0.1) is 11.8 Å². The Morgan fingerprint density at radius 1 is 1.15 bits per heavy atom. The summed E-state index contributed by atoms with van der Waals surface area (Å²) in [6.07, 6.45) is 2.76. The Balaban J connectivity index is 2.29. The summed E-state index contributed by atoms with van der Waals surface area (Å²) in [7, 11) is 0. The molecule has 0 aliphatic carbocycles. The quantitative estimate of drug-likeness (QED) is 0.580. The second kappa shape index (κ2) is 9.18. The SMILES string of the molecule is CC(C)[C@H](NC(=O)/C(=C/c1ccco1)NC(=O)c1ccccc1Br)C(=O)O. The van der Waals surface area contributed by atoms with E-state index in [0.717, 1.165) is 0 Å². The fourth-order valence-corrected chi connectivity index (χ4v) is 2.71. The molecule has 0 saturated carbocycles. The maximum absolute atomic E-state index is 12.6. The zero-order chi connectivity index (χ0) is 20.0. The summed E-state index contributed by atoms with van der Waals surface area (Å²) < 4.78 is 5.75. The number of furan rings is 1. The highest BCUT2D eigenvalue weighted by atomic mass is 79.9. The summed E-state index contributed by atoms with van der Waals surface area (Å²) in [4.78, 5) is 36.5. The number of rotatable bonds is 7. The zero-order valence-corrected chi connectivity index (χ0v) is 16.3. The molecule has 0 saturated heterocycles. The van der Waals surface area contributed by atoms with Gasteiger partial charge in [-0.05, 0) is 46.1 Å². The number of aliphatic carboxylic acids is 1. The molecule has 0 bridgehead atoms. The minimum Gasteiger partial charge on any atom is -0.480 e. The van der Waals surface area contributed by atoms with E-state index < -0.39 is 23.8 Å². The van der Waals surface area contributed by atoms with Crippen LogP contribution in [0.2, 0.25) is 0 Å². The third kappa shape index (κ3) is 5.55. The molecule has 27 heavy (non-hydrogen) atoms. The molecule has 0 unspecified atom stereocenters. The molecule has 0 spiro atoms. The lowest BCUT2D eigenvalue weighted by atomic mass is 10.0. The molecule has 3 N–H and O–H groups in total. The fraction of sp³-hybridized carbons (Fsp3) is 0.211. The molecule has 8 heteroatoms. The Morgan fingerprint density at radius 2 is 1.85 bits per heavy atom. The van der Waals surface area contributed by atoms with Crippen LogP contribution in [0.25, 0.3) is 6.08 Å². The molecular weight excluding hydrogens is 416 g/mol. The fourth-order valence-electron chi connectivity index (χ4n) is 2.24. The van der Waals surface area contributed by atoms with Crippen LogP contribution in [0.5, 0.6) is 0 Å². The maximum atomic E-state index is 12.6. The molecule has 0 aliphatic heterocycles. The van der Waals surface area contributed by atoms with Gasteiger partial charge in [-0.1, -0.05) is 26.0 Å². The third-order valence-corrected chi connectivity index (χ3v) is 4.35. The molecule has 2 aromatic rings. The molecule has 0 fully saturated rings. The number of carboxylic acids is 1. The second-order valence-corrected chi connectivity index (χ2v) is 6.90. The molecule has 0 radical (unpaired) electrons. The largest absolute Gasteiger partial charge is 0.480 e. The van der Waals surface area contributed by atoms with Crippen LogP contribution in [0.15, 0.2) is 57.2 Å². The Morgan fingerprint density at radius 3 is 2.41 bits per heavy atom. The van der Waals surface area contributed by atoms with Gasteiger partial charge in [0.25, 0.3) is 11.8 Å². The first-order chi connectivity index (χ1) is 12.8. The van der Waals surface area contributed by atoms with Crippen molar-refractivity contribution in [1.82, 2.24) is 10.6 Å². The number of hydrogen-bond acceptors (Lipinski definition) is 4. The molecule has 2 rings (SSSR count). The summed E-state index contributed by atoms with van der Waals surface area (Å²) in [6, 6.07) is 8.88. The highest BCUT2D eigenvalue weighted by Gasteiger charge is 2.26. The van der Waals surface area contributed by atoms with Crippen molar-refractivity contribution in [3.05, 3.63) is 64.2 Å². The number of nitrogens with one attached hydrogen (secondary N) is 2. The van der Waals surface area contributed by atoms with Crippen LogP contribution in [0.3, 0.4) is 0 Å². The number of amides is 2. The number of halogens is 1. The van der Waals surface area contributed by atoms with Crippen molar-refractivity contribution < 1.29 is 23.9 Å². The van der Waals surface area contributed by atoms with Crippen LogP contribution in [-0.2, 0) is 9.59 Å². The monoisotopic (exact) mass is 434 g/mol. The summed E-state index contributed by atoms with van der Waals surface area (Å²) >= 11 is 3.29. The van der Waals surface area contributed by atoms with Crippen molar-refractivity contribution >= 4 is 39.8 Å². The summed E-state index contributed by atoms with van der Waals surface area (Å²) in [5.74, 6) is -2.41. The van der Waals surface area contributed by atoms with Crippen LogP contribution in [0.1, 0.15) is 30.0 Å². The smallest absolute Gasteiger partial charge is 0.326 e. The van der Waals surface area contributed by atoms with E-state index in [1.165, 1.54) is 12.3 Å². The van der Waals surface area contributed by atoms with E-state index in [4.69, 9.17) is 4.42 Å². The van der Waals surface area contributed by atoms with Gasteiger partial charge in [-0.3, -0.25) is 9.59 Å². The first kappa shape index (κ1) is 20.4. The predicted octanol–water partition coefficient (Wildman–Crippen LogP) is 3.04. The number of benzene rings is 1. The summed E-state index contributed by atoms with van der Waals surface area (Å²) in [5.41, 5.74) is 0.201. The lowest BCUT2D eigenvalue weighted by Gasteiger charge is -2.19. The van der Waals surface area contributed by atoms with Gasteiger partial charge < -0.3 is 20.2 Å². The minimum absolute atomic E-state index is 0.127. The third-order valence-electron chi connectivity index (χ3n) is 3.66. The Kier molecular flexibility index (Phi) is 6.95. The molecule has 1 atom stereocenters. The van der Waals surface area contributed by atoms with Gasteiger partial charge in [-0.2, -0.15) is 0 Å². The average Bonchev–Trinajstić information content (AvgIpc) is 3.11. The highest BCUT2D eigenvalue weighted by Crippen LogP contribution is 2.16. The molecule has 142 valence electrons. The van der Waals surface area contributed by atoms with Gasteiger partial charge in [0.1, 0.15) is 17.5 Å². The summed E-state index contributed by atoms with van der Waals surface area (Å²) in [6.45, 7) is 3.35. The topological polar surface area (TPSA) is 109 Å². The Hall–Kier alpha value is -2.87. The van der Waals surface area contributed by atoms with E-state index in [-0.39, 0.29) is 11.6 Å². The normalized spacial score (nSPS) is 12.5. The minimum atomic E-state index is -1.16. The van der Waals surface area contributed by atoms with Crippen molar-refractivity contribution in [2.24, 2.45) is 5.92 Å². The molecule has 7 nitrogen and oxygen atoms in total. The van der Waals surface area contributed by atoms with Gasteiger partial charge in [0.15, 0.2) is 0 Å². The Bertz CT molecular complexity index is 859. The van der Waals surface area contributed by atoms with Crippen molar-refractivity contribution in [1.29, 1.82) is 0 Å². The standard InChI is InChI=1S/C19H19BrN2O5/c1-11(2)16(19(25)26)22-18(24)15(10-12-6-5-9-27-12)21-17(23)13-7-3-4-8-14(13)20/h3-11,16H,1-2H3,(H,21,23)(H,22,24)(H,25,26)/b15-10-/t16-/m0/s1. The zero-order valence-electron chi connectivity index (χ0n) is 14.7. The number of hydrogen-bond donors (Lipinski definition) is 3. The lowest BCUT2D eigenvalue weighted by molar-refractivity contribution is -0.142. The van der Waals surface area contributed by atoms with Crippen LogP contribution < -0.4 is 10.6 Å². The highest BCUT2D eigenvalue weighted by molar-refractivity contribution is 9.10. The van der Waals surface area contributed by atoms with Gasteiger partial charge in [0.2, 0.25) is 0 Å². The van der Waals surface area contributed by atoms with Crippen LogP contribution in [-0.4, -0.2) is 28.9 Å². The van der Waals surface area contributed by atoms with E-state index >= 15 is 0 Å². The number of carbonyl (C=O) groups excluding carboxylic acids is 2. The van der Waals surface area contributed by atoms with Crippen molar-refractivity contribution in [2.45, 2.75) is 19.9 Å². The summed E-state index contributed by atoms with van der Waals surface area (Å²) in [5, 5.41) is 14.2. The van der Waals surface area contributed by atoms with E-state index in [9.17, 15) is 19.5 Å². The van der Waals surface area contributed by atoms with Gasteiger partial charge in [0, 0.05) is 10.5 Å². The lowest BCUT2D eigenvalue weighted by Crippen LogP contribution is -2.47. The first-order valence-corrected chi connectivity index (χ1v) is 8.93. The Labute approximate surface area is 164 Å². The molecule has 1 aromatic heterocycles. The van der Waals surface area contributed by atoms with Gasteiger partial charge >= 0.3 is 5.97 Å². The van der Waals surface area contributed by atoms with Crippen LogP contribution >= 0.6 is 15.9 Å². The van der Waals surface area contributed by atoms with Crippen LogP contribution in [0, 0.1) is 5.92 Å². The maximum Gasteiger partial charge on any atom is 0.326 e. The van der Waals surface area contributed by atoms with Gasteiger partial charge in [-0.25, -0.2) is 4.79 Å². The predicted molar refractivity (Wildman–Crippen MR) is 103 cm³/mol. The van der Waals surface area contributed by atoms with E-state index in [1.807, 2.05) is 0 Å².